The molecule has 8 heteroatoms. The van der Waals surface area contributed by atoms with Crippen LogP contribution in [0.3, 0.4) is 0 Å². The molecule has 0 saturated heterocycles. The lowest BCUT2D eigenvalue weighted by Gasteiger charge is -2.11. The van der Waals surface area contributed by atoms with Crippen LogP contribution in [0.15, 0.2) is 41.2 Å². The molecule has 0 saturated carbocycles. The standard InChI is InChI=1S/C19H17N3O5/c1-2-11-27-15-9-7-12-5-3-4-6-13(12)14(15)8-10-16-20-18(23)17(22(25)26)19(24)21-16/h3-10H,2,11H2,1H3,(H2,20,21,23,24)/b10-8+. The van der Waals surface area contributed by atoms with Crippen molar-refractivity contribution in [3.05, 3.63) is 68.3 Å². The monoisotopic (exact) mass is 367 g/mol. The van der Waals surface area contributed by atoms with Crippen LogP contribution < -0.4 is 10.3 Å². The number of hydrogen-bond donors (Lipinski definition) is 2. The summed E-state index contributed by atoms with van der Waals surface area (Å²) in [5.74, 6) is -0.262. The zero-order valence-corrected chi connectivity index (χ0v) is 14.5. The van der Waals surface area contributed by atoms with Gasteiger partial charge in [0.1, 0.15) is 11.6 Å². The molecule has 27 heavy (non-hydrogen) atoms. The van der Waals surface area contributed by atoms with Gasteiger partial charge < -0.3 is 14.8 Å². The molecule has 3 aromatic rings. The van der Waals surface area contributed by atoms with Gasteiger partial charge >= 0.3 is 11.2 Å². The van der Waals surface area contributed by atoms with Gasteiger partial charge in [-0.05, 0) is 35.4 Å². The molecule has 2 N–H and O–H groups in total. The van der Waals surface area contributed by atoms with Crippen molar-refractivity contribution in [2.75, 3.05) is 6.61 Å². The van der Waals surface area contributed by atoms with Gasteiger partial charge in [-0.2, -0.15) is 4.98 Å². The van der Waals surface area contributed by atoms with E-state index in [1.165, 1.54) is 6.08 Å². The van der Waals surface area contributed by atoms with Gasteiger partial charge in [-0.25, -0.2) is 0 Å². The van der Waals surface area contributed by atoms with Gasteiger partial charge in [0.15, 0.2) is 0 Å². The topological polar surface area (TPSA) is 118 Å². The average Bonchev–Trinajstić information content (AvgIpc) is 2.64. The van der Waals surface area contributed by atoms with Gasteiger partial charge in [0.25, 0.3) is 5.88 Å². The minimum absolute atomic E-state index is 0.00234. The predicted molar refractivity (Wildman–Crippen MR) is 102 cm³/mol. The van der Waals surface area contributed by atoms with Gasteiger partial charge in [0, 0.05) is 5.56 Å². The summed E-state index contributed by atoms with van der Waals surface area (Å²) in [5.41, 5.74) is -1.22. The molecule has 0 spiro atoms. The van der Waals surface area contributed by atoms with E-state index in [-0.39, 0.29) is 5.82 Å². The first kappa shape index (κ1) is 18.1. The van der Waals surface area contributed by atoms with E-state index in [1.807, 2.05) is 43.3 Å². The number of nitrogens with one attached hydrogen (secondary N) is 1. The highest BCUT2D eigenvalue weighted by molar-refractivity contribution is 5.95. The van der Waals surface area contributed by atoms with Crippen LogP contribution in [0.5, 0.6) is 11.6 Å². The molecule has 0 atom stereocenters. The molecule has 0 aliphatic carbocycles. The molecule has 0 amide bonds. The van der Waals surface area contributed by atoms with Crippen molar-refractivity contribution in [3.8, 4) is 11.6 Å². The molecule has 1 aromatic heterocycles. The second-order valence-corrected chi connectivity index (χ2v) is 5.76. The van der Waals surface area contributed by atoms with Crippen molar-refractivity contribution < 1.29 is 14.8 Å². The van der Waals surface area contributed by atoms with Gasteiger partial charge in [0.05, 0.1) is 11.5 Å². The van der Waals surface area contributed by atoms with Crippen LogP contribution in [-0.2, 0) is 0 Å². The van der Waals surface area contributed by atoms with E-state index in [9.17, 15) is 20.0 Å². The third-order valence-electron chi connectivity index (χ3n) is 3.88. The maximum atomic E-state index is 11.8. The quantitative estimate of drug-likeness (QED) is 0.508. The van der Waals surface area contributed by atoms with Gasteiger partial charge in [0.2, 0.25) is 0 Å². The Morgan fingerprint density at radius 1 is 1.26 bits per heavy atom. The van der Waals surface area contributed by atoms with Crippen molar-refractivity contribution in [2.45, 2.75) is 13.3 Å². The lowest BCUT2D eigenvalue weighted by molar-refractivity contribution is -0.387. The maximum Gasteiger partial charge on any atom is 0.395 e. The van der Waals surface area contributed by atoms with Crippen molar-refractivity contribution in [1.29, 1.82) is 0 Å². The number of H-pyrrole nitrogens is 1. The van der Waals surface area contributed by atoms with Gasteiger partial charge in [-0.3, -0.25) is 14.9 Å². The highest BCUT2D eigenvalue weighted by atomic mass is 16.6. The second kappa shape index (κ2) is 7.69. The third-order valence-corrected chi connectivity index (χ3v) is 3.88. The number of aromatic hydroxyl groups is 1. The van der Waals surface area contributed by atoms with Crippen LogP contribution in [-0.4, -0.2) is 26.6 Å². The Hall–Kier alpha value is -3.68. The van der Waals surface area contributed by atoms with Crippen LogP contribution in [0.1, 0.15) is 24.7 Å². The number of fused-ring (bicyclic) bond motifs is 1. The largest absolute Gasteiger partial charge is 0.493 e. The Kier molecular flexibility index (Phi) is 5.16. The van der Waals surface area contributed by atoms with Gasteiger partial charge in [-0.1, -0.05) is 37.3 Å². The van der Waals surface area contributed by atoms with Crippen molar-refractivity contribution in [2.24, 2.45) is 0 Å². The molecule has 0 aliphatic rings. The molecule has 2 aromatic carbocycles. The first-order chi connectivity index (χ1) is 13.0. The smallest absolute Gasteiger partial charge is 0.395 e. The Morgan fingerprint density at radius 2 is 2.04 bits per heavy atom. The molecule has 0 fully saturated rings. The maximum absolute atomic E-state index is 11.8. The lowest BCUT2D eigenvalue weighted by atomic mass is 10.0. The zero-order valence-electron chi connectivity index (χ0n) is 14.5. The number of benzene rings is 2. The van der Waals surface area contributed by atoms with Crippen LogP contribution in [0.2, 0.25) is 0 Å². The Morgan fingerprint density at radius 3 is 2.74 bits per heavy atom. The average molecular weight is 367 g/mol. The summed E-state index contributed by atoms with van der Waals surface area (Å²) in [6.07, 6.45) is 4.00. The van der Waals surface area contributed by atoms with Crippen molar-refractivity contribution in [1.82, 2.24) is 9.97 Å². The van der Waals surface area contributed by atoms with Crippen LogP contribution in [0, 0.1) is 10.1 Å². The fraction of sp³-hybridized carbons (Fsp3) is 0.158. The molecular weight excluding hydrogens is 350 g/mol. The Balaban J connectivity index is 2.07. The molecule has 0 aliphatic heterocycles. The van der Waals surface area contributed by atoms with E-state index in [2.05, 4.69) is 9.97 Å². The van der Waals surface area contributed by atoms with Crippen LogP contribution in [0.25, 0.3) is 22.9 Å². The fourth-order valence-electron chi connectivity index (χ4n) is 2.66. The Labute approximate surface area is 153 Å². The number of ether oxygens (including phenoxy) is 1. The number of aromatic amines is 1. The molecule has 138 valence electrons. The fourth-order valence-corrected chi connectivity index (χ4v) is 2.66. The Bertz CT molecular complexity index is 1090. The first-order valence-electron chi connectivity index (χ1n) is 8.31. The second-order valence-electron chi connectivity index (χ2n) is 5.76. The number of aromatic nitrogens is 2. The minimum atomic E-state index is -1.02. The first-order valence-corrected chi connectivity index (χ1v) is 8.31. The minimum Gasteiger partial charge on any atom is -0.493 e. The van der Waals surface area contributed by atoms with Crippen molar-refractivity contribution >= 4 is 28.6 Å². The number of hydrogen-bond acceptors (Lipinski definition) is 6. The zero-order chi connectivity index (χ0) is 19.4. The van der Waals surface area contributed by atoms with Crippen LogP contribution in [0.4, 0.5) is 5.69 Å². The van der Waals surface area contributed by atoms with Gasteiger partial charge in [-0.15, -0.1) is 0 Å². The van der Waals surface area contributed by atoms with E-state index in [0.29, 0.717) is 12.4 Å². The molecule has 0 radical (unpaired) electrons. The summed E-state index contributed by atoms with van der Waals surface area (Å²) < 4.78 is 5.80. The van der Waals surface area contributed by atoms with Crippen LogP contribution >= 0.6 is 0 Å². The molecule has 1 heterocycles. The third kappa shape index (κ3) is 3.79. The molecule has 3 rings (SSSR count). The van der Waals surface area contributed by atoms with E-state index in [4.69, 9.17) is 4.74 Å². The molecular formula is C19H17N3O5. The normalized spacial score (nSPS) is 11.1. The summed E-state index contributed by atoms with van der Waals surface area (Å²) in [6.45, 7) is 2.55. The van der Waals surface area contributed by atoms with E-state index < -0.39 is 22.0 Å². The molecule has 0 bridgehead atoms. The summed E-state index contributed by atoms with van der Waals surface area (Å²) in [6, 6.07) is 11.6. The summed E-state index contributed by atoms with van der Waals surface area (Å²) >= 11 is 0. The lowest BCUT2D eigenvalue weighted by Crippen LogP contribution is -2.14. The van der Waals surface area contributed by atoms with Crippen molar-refractivity contribution in [3.63, 3.8) is 0 Å². The molecule has 8 nitrogen and oxygen atoms in total. The van der Waals surface area contributed by atoms with E-state index >= 15 is 0 Å². The molecule has 0 unspecified atom stereocenters. The highest BCUT2D eigenvalue weighted by Gasteiger charge is 2.21. The number of rotatable bonds is 6. The summed E-state index contributed by atoms with van der Waals surface area (Å²) in [5, 5.41) is 22.4. The predicted octanol–water partition coefficient (Wildman–Crippen LogP) is 3.50. The summed E-state index contributed by atoms with van der Waals surface area (Å²) in [7, 11) is 0. The highest BCUT2D eigenvalue weighted by Crippen LogP contribution is 2.30. The number of nitro groups is 1. The van der Waals surface area contributed by atoms with E-state index in [1.54, 1.807) is 6.08 Å². The van der Waals surface area contributed by atoms with E-state index in [0.717, 1.165) is 22.8 Å². The SMILES string of the molecule is CCCOc1ccc2ccccc2c1/C=C/c1nc(O)c([N+](=O)[O-])c(=O)[nH]1. The number of nitrogens with zero attached hydrogens (tertiary/aromatic N) is 2. The summed E-state index contributed by atoms with van der Waals surface area (Å²) in [4.78, 5) is 27.5.